The maximum Gasteiger partial charge on any atom is 0.232 e. The molecule has 7 heteroatoms. The largest absolute Gasteiger partial charge is 0.496 e. The van der Waals surface area contributed by atoms with Gasteiger partial charge in [-0.3, -0.25) is 9.78 Å². The van der Waals surface area contributed by atoms with Crippen LogP contribution in [0, 0.1) is 5.82 Å². The highest BCUT2D eigenvalue weighted by molar-refractivity contribution is 6.42. The zero-order chi connectivity index (χ0) is 26.6. The smallest absolute Gasteiger partial charge is 0.232 e. The second-order valence-corrected chi connectivity index (χ2v) is 9.64. The number of benzene rings is 4. The molecule has 0 aliphatic carbocycles. The van der Waals surface area contributed by atoms with Crippen LogP contribution in [-0.2, 0) is 11.2 Å². The lowest BCUT2D eigenvalue weighted by molar-refractivity contribution is -0.117. The van der Waals surface area contributed by atoms with Crippen molar-refractivity contribution in [3.8, 4) is 16.9 Å². The quantitative estimate of drug-likeness (QED) is 0.224. The Labute approximate surface area is 230 Å². The van der Waals surface area contributed by atoms with E-state index in [1.54, 1.807) is 37.6 Å². The van der Waals surface area contributed by atoms with Crippen molar-refractivity contribution in [1.29, 1.82) is 0 Å². The Balaban J connectivity index is 1.50. The molecule has 0 saturated carbocycles. The van der Waals surface area contributed by atoms with Crippen LogP contribution in [0.1, 0.15) is 17.0 Å². The standard InChI is InChI=1S/C31H23Cl2FN2O2/c1-38-30-5-3-2-4-21(30)16-25(31(37)36-23-11-12-27(32)28(33)18-23)20-8-6-19(7-9-20)24-14-15-35-29-13-10-22(34)17-26(24)29/h2-15,17-18,25H,16H2,1H3,(H,36,37). The number of carbonyl (C=O) groups is 1. The molecule has 0 aliphatic heterocycles. The molecular weight excluding hydrogens is 522 g/mol. The van der Waals surface area contributed by atoms with Crippen LogP contribution < -0.4 is 10.1 Å². The number of fused-ring (bicyclic) bond motifs is 1. The number of nitrogens with one attached hydrogen (secondary N) is 1. The van der Waals surface area contributed by atoms with Crippen LogP contribution in [0.3, 0.4) is 0 Å². The number of hydrogen-bond acceptors (Lipinski definition) is 3. The summed E-state index contributed by atoms with van der Waals surface area (Å²) in [5, 5.41) is 4.46. The van der Waals surface area contributed by atoms with E-state index in [1.807, 2.05) is 54.6 Å². The lowest BCUT2D eigenvalue weighted by Crippen LogP contribution is -2.23. The molecule has 1 amide bonds. The van der Waals surface area contributed by atoms with Crippen LogP contribution in [0.4, 0.5) is 10.1 Å². The molecule has 0 bridgehead atoms. The third-order valence-corrected chi connectivity index (χ3v) is 7.19. The Morgan fingerprint density at radius 1 is 0.947 bits per heavy atom. The van der Waals surface area contributed by atoms with E-state index in [2.05, 4.69) is 10.3 Å². The van der Waals surface area contributed by atoms with Gasteiger partial charge in [0.1, 0.15) is 11.6 Å². The van der Waals surface area contributed by atoms with Gasteiger partial charge in [-0.15, -0.1) is 0 Å². The first-order valence-electron chi connectivity index (χ1n) is 12.0. The van der Waals surface area contributed by atoms with Gasteiger partial charge in [0.15, 0.2) is 0 Å². The van der Waals surface area contributed by atoms with Gasteiger partial charge in [0.05, 0.1) is 28.6 Å². The van der Waals surface area contributed by atoms with E-state index in [-0.39, 0.29) is 11.7 Å². The molecule has 4 aromatic carbocycles. The molecule has 1 aromatic heterocycles. The molecule has 4 nitrogen and oxygen atoms in total. The number of pyridine rings is 1. The van der Waals surface area contributed by atoms with Crippen molar-refractivity contribution in [2.24, 2.45) is 0 Å². The van der Waals surface area contributed by atoms with E-state index >= 15 is 0 Å². The first-order chi connectivity index (χ1) is 18.4. The Kier molecular flexibility index (Phi) is 7.59. The summed E-state index contributed by atoms with van der Waals surface area (Å²) in [6.07, 6.45) is 2.12. The van der Waals surface area contributed by atoms with Gasteiger partial charge in [-0.25, -0.2) is 4.39 Å². The van der Waals surface area contributed by atoms with Crippen molar-refractivity contribution in [3.63, 3.8) is 0 Å². The molecular formula is C31H23Cl2FN2O2. The molecule has 38 heavy (non-hydrogen) atoms. The normalized spacial score (nSPS) is 11.8. The predicted molar refractivity (Wildman–Crippen MR) is 152 cm³/mol. The summed E-state index contributed by atoms with van der Waals surface area (Å²) in [6.45, 7) is 0. The van der Waals surface area contributed by atoms with Gasteiger partial charge in [0.2, 0.25) is 5.91 Å². The molecule has 1 unspecified atom stereocenters. The van der Waals surface area contributed by atoms with Gasteiger partial charge in [-0.2, -0.15) is 0 Å². The topological polar surface area (TPSA) is 51.2 Å². The summed E-state index contributed by atoms with van der Waals surface area (Å²) in [7, 11) is 1.61. The molecule has 1 N–H and O–H groups in total. The number of rotatable bonds is 7. The number of nitrogens with zero attached hydrogens (tertiary/aromatic N) is 1. The van der Waals surface area contributed by atoms with E-state index in [1.165, 1.54) is 12.1 Å². The molecule has 1 atom stereocenters. The molecule has 0 aliphatic rings. The summed E-state index contributed by atoms with van der Waals surface area (Å²) < 4.78 is 19.5. The number of carbonyl (C=O) groups excluding carboxylic acids is 1. The zero-order valence-electron chi connectivity index (χ0n) is 20.4. The van der Waals surface area contributed by atoms with Crippen LogP contribution in [0.5, 0.6) is 5.75 Å². The monoisotopic (exact) mass is 544 g/mol. The second-order valence-electron chi connectivity index (χ2n) is 8.83. The first-order valence-corrected chi connectivity index (χ1v) is 12.7. The summed E-state index contributed by atoms with van der Waals surface area (Å²) in [5.74, 6) is -0.333. The maximum atomic E-state index is 14.0. The average molecular weight is 545 g/mol. The first kappa shape index (κ1) is 25.7. The minimum absolute atomic E-state index is 0.196. The van der Waals surface area contributed by atoms with Crippen LogP contribution in [-0.4, -0.2) is 18.0 Å². The van der Waals surface area contributed by atoms with Crippen molar-refractivity contribution in [1.82, 2.24) is 4.98 Å². The molecule has 5 aromatic rings. The third-order valence-electron chi connectivity index (χ3n) is 6.45. The van der Waals surface area contributed by atoms with E-state index in [0.29, 0.717) is 33.4 Å². The molecule has 5 rings (SSSR count). The summed E-state index contributed by atoms with van der Waals surface area (Å²) in [5.41, 5.74) is 4.75. The van der Waals surface area contributed by atoms with E-state index < -0.39 is 5.92 Å². The van der Waals surface area contributed by atoms with Gasteiger partial charge in [0.25, 0.3) is 0 Å². The number of para-hydroxylation sites is 1. The van der Waals surface area contributed by atoms with Crippen LogP contribution in [0.15, 0.2) is 97.2 Å². The number of amides is 1. The lowest BCUT2D eigenvalue weighted by atomic mass is 9.89. The fourth-order valence-corrected chi connectivity index (χ4v) is 4.82. The minimum Gasteiger partial charge on any atom is -0.496 e. The molecule has 1 heterocycles. The van der Waals surface area contributed by atoms with Gasteiger partial charge < -0.3 is 10.1 Å². The fraction of sp³-hybridized carbons (Fsp3) is 0.0968. The maximum absolute atomic E-state index is 14.0. The highest BCUT2D eigenvalue weighted by Crippen LogP contribution is 2.33. The van der Waals surface area contributed by atoms with E-state index in [9.17, 15) is 9.18 Å². The van der Waals surface area contributed by atoms with Crippen molar-refractivity contribution >= 4 is 45.7 Å². The number of methoxy groups -OCH3 is 1. The van der Waals surface area contributed by atoms with Crippen molar-refractivity contribution in [2.75, 3.05) is 12.4 Å². The molecule has 0 radical (unpaired) electrons. The summed E-state index contributed by atoms with van der Waals surface area (Å²) in [6, 6.07) is 26.8. The van der Waals surface area contributed by atoms with Gasteiger partial charge in [-0.1, -0.05) is 65.7 Å². The van der Waals surface area contributed by atoms with Crippen LogP contribution in [0.2, 0.25) is 10.0 Å². The predicted octanol–water partition coefficient (Wildman–Crippen LogP) is 8.32. The van der Waals surface area contributed by atoms with Crippen molar-refractivity contribution < 1.29 is 13.9 Å². The Morgan fingerprint density at radius 2 is 1.74 bits per heavy atom. The van der Waals surface area contributed by atoms with E-state index in [4.69, 9.17) is 27.9 Å². The number of ether oxygens (including phenoxy) is 1. The highest BCUT2D eigenvalue weighted by atomic mass is 35.5. The van der Waals surface area contributed by atoms with Gasteiger partial charge in [0, 0.05) is 17.3 Å². The average Bonchev–Trinajstić information content (AvgIpc) is 2.93. The van der Waals surface area contributed by atoms with Gasteiger partial charge in [-0.05, 0) is 77.2 Å². The Hall–Kier alpha value is -3.93. The molecule has 0 spiro atoms. The van der Waals surface area contributed by atoms with Crippen molar-refractivity contribution in [2.45, 2.75) is 12.3 Å². The Bertz CT molecular complexity index is 1620. The molecule has 190 valence electrons. The second kappa shape index (κ2) is 11.2. The van der Waals surface area contributed by atoms with Crippen LogP contribution in [0.25, 0.3) is 22.0 Å². The summed E-state index contributed by atoms with van der Waals surface area (Å²) in [4.78, 5) is 17.9. The number of aromatic nitrogens is 1. The number of halogens is 3. The number of hydrogen-bond donors (Lipinski definition) is 1. The SMILES string of the molecule is COc1ccccc1CC(C(=O)Nc1ccc(Cl)c(Cl)c1)c1ccc(-c2ccnc3ccc(F)cc23)cc1. The minimum atomic E-state index is -0.526. The lowest BCUT2D eigenvalue weighted by Gasteiger charge is -2.20. The van der Waals surface area contributed by atoms with E-state index in [0.717, 1.165) is 27.6 Å². The molecule has 0 saturated heterocycles. The van der Waals surface area contributed by atoms with Crippen molar-refractivity contribution in [3.05, 3.63) is 124 Å². The third kappa shape index (κ3) is 5.49. The zero-order valence-corrected chi connectivity index (χ0v) is 21.9. The fourth-order valence-electron chi connectivity index (χ4n) is 4.52. The van der Waals surface area contributed by atoms with Gasteiger partial charge >= 0.3 is 0 Å². The van der Waals surface area contributed by atoms with Crippen LogP contribution >= 0.6 is 23.2 Å². The highest BCUT2D eigenvalue weighted by Gasteiger charge is 2.23. The summed E-state index contributed by atoms with van der Waals surface area (Å²) >= 11 is 12.2. The number of anilines is 1. The molecule has 0 fully saturated rings. The Morgan fingerprint density at radius 3 is 2.50 bits per heavy atom.